The summed E-state index contributed by atoms with van der Waals surface area (Å²) in [6.45, 7) is 3.83. The first-order valence-electron chi connectivity index (χ1n) is 8.48. The Labute approximate surface area is 148 Å². The van der Waals surface area contributed by atoms with E-state index in [4.69, 9.17) is 0 Å². The summed E-state index contributed by atoms with van der Waals surface area (Å²) in [5, 5.41) is 0. The second-order valence-corrected chi connectivity index (χ2v) is 6.26. The highest BCUT2D eigenvalue weighted by molar-refractivity contribution is 5.73. The van der Waals surface area contributed by atoms with Gasteiger partial charge in [0.25, 0.3) is 0 Å². The lowest BCUT2D eigenvalue weighted by atomic mass is 9.90. The molecule has 0 fully saturated rings. The molecule has 2 aromatic rings. The third-order valence-electron chi connectivity index (χ3n) is 4.09. The highest BCUT2D eigenvalue weighted by atomic mass is 19.4. The Kier molecular flexibility index (Phi) is 6.04. The number of hydrogen-bond donors (Lipinski definition) is 0. The first-order valence-corrected chi connectivity index (χ1v) is 8.48. The van der Waals surface area contributed by atoms with Crippen LogP contribution in [0.2, 0.25) is 0 Å². The van der Waals surface area contributed by atoms with Gasteiger partial charge in [0.2, 0.25) is 0 Å². The molecule has 2 rings (SSSR count). The summed E-state index contributed by atoms with van der Waals surface area (Å²) in [7, 11) is 0. The Bertz CT molecular complexity index is 699. The van der Waals surface area contributed by atoms with Crippen molar-refractivity contribution in [2.75, 3.05) is 0 Å². The molecule has 0 unspecified atom stereocenters. The quantitative estimate of drug-likeness (QED) is 0.482. The summed E-state index contributed by atoms with van der Waals surface area (Å²) in [5.74, 6) is 0. The maximum absolute atomic E-state index is 13.4. The molecule has 142 valence electrons. The van der Waals surface area contributed by atoms with E-state index in [1.54, 1.807) is 0 Å². The molecule has 0 amide bonds. The third kappa shape index (κ3) is 4.59. The number of aryl methyl sites for hydroxylation is 2. The molecule has 0 bridgehead atoms. The van der Waals surface area contributed by atoms with E-state index in [1.165, 1.54) is 12.1 Å². The first-order chi connectivity index (χ1) is 12.1. The zero-order valence-electron chi connectivity index (χ0n) is 14.6. The predicted molar refractivity (Wildman–Crippen MR) is 89.9 cm³/mol. The lowest BCUT2D eigenvalue weighted by Gasteiger charge is -2.20. The molecule has 0 atom stereocenters. The number of benzene rings is 2. The van der Waals surface area contributed by atoms with Crippen LogP contribution in [0.3, 0.4) is 0 Å². The summed E-state index contributed by atoms with van der Waals surface area (Å²) in [6, 6.07) is 6.97. The van der Waals surface area contributed by atoms with Crippen molar-refractivity contribution in [3.05, 3.63) is 58.7 Å². The number of hydrogen-bond acceptors (Lipinski definition) is 0. The molecule has 0 aliphatic rings. The van der Waals surface area contributed by atoms with Crippen molar-refractivity contribution in [2.24, 2.45) is 0 Å². The number of alkyl halides is 6. The van der Waals surface area contributed by atoms with E-state index in [0.717, 1.165) is 30.0 Å². The standard InChI is InChI=1S/C20H20F6/c1-3-6-13-10-14(7-4-2)12-15(11-13)18-16(19(21,22)23)8-5-9-17(18)20(24,25)26/h5,8-12H,3-4,6-7H2,1-2H3. The monoisotopic (exact) mass is 374 g/mol. The molecule has 2 aromatic carbocycles. The fourth-order valence-corrected chi connectivity index (χ4v) is 3.11. The molecular formula is C20H20F6. The average Bonchev–Trinajstić information content (AvgIpc) is 2.53. The number of rotatable bonds is 5. The molecule has 6 heteroatoms. The minimum atomic E-state index is -4.87. The summed E-state index contributed by atoms with van der Waals surface area (Å²) in [6.07, 6.45) is -7.05. The van der Waals surface area contributed by atoms with Gasteiger partial charge in [0.05, 0.1) is 11.1 Å². The van der Waals surface area contributed by atoms with E-state index in [0.29, 0.717) is 25.0 Å². The van der Waals surface area contributed by atoms with E-state index in [1.807, 2.05) is 19.9 Å². The highest BCUT2D eigenvalue weighted by Crippen LogP contribution is 2.44. The van der Waals surface area contributed by atoms with E-state index in [9.17, 15) is 26.3 Å². The third-order valence-corrected chi connectivity index (χ3v) is 4.09. The molecule has 0 heterocycles. The van der Waals surface area contributed by atoms with Crippen LogP contribution in [-0.2, 0) is 25.2 Å². The number of halogens is 6. The van der Waals surface area contributed by atoms with Gasteiger partial charge in [0, 0.05) is 5.56 Å². The zero-order chi connectivity index (χ0) is 19.5. The van der Waals surface area contributed by atoms with Gasteiger partial charge in [-0.3, -0.25) is 0 Å². The second-order valence-electron chi connectivity index (χ2n) is 6.26. The summed E-state index contributed by atoms with van der Waals surface area (Å²) in [4.78, 5) is 0. The minimum Gasteiger partial charge on any atom is -0.166 e. The van der Waals surface area contributed by atoms with Crippen molar-refractivity contribution in [1.82, 2.24) is 0 Å². The molecule has 0 saturated heterocycles. The molecule has 0 aromatic heterocycles. The molecular weight excluding hydrogens is 354 g/mol. The smallest absolute Gasteiger partial charge is 0.166 e. The van der Waals surface area contributed by atoms with Crippen LogP contribution in [0.1, 0.15) is 48.9 Å². The van der Waals surface area contributed by atoms with Crippen molar-refractivity contribution in [3.8, 4) is 11.1 Å². The van der Waals surface area contributed by atoms with Gasteiger partial charge in [-0.1, -0.05) is 51.0 Å². The van der Waals surface area contributed by atoms with Crippen molar-refractivity contribution in [2.45, 2.75) is 51.9 Å². The Morgan fingerprint density at radius 2 is 1.12 bits per heavy atom. The van der Waals surface area contributed by atoms with Crippen LogP contribution in [0, 0.1) is 0 Å². The van der Waals surface area contributed by atoms with E-state index in [-0.39, 0.29) is 5.56 Å². The van der Waals surface area contributed by atoms with Gasteiger partial charge in [-0.15, -0.1) is 0 Å². The highest BCUT2D eigenvalue weighted by Gasteiger charge is 2.41. The van der Waals surface area contributed by atoms with Crippen molar-refractivity contribution < 1.29 is 26.3 Å². The molecule has 0 radical (unpaired) electrons. The van der Waals surface area contributed by atoms with Gasteiger partial charge in [-0.05, 0) is 41.7 Å². The Hall–Kier alpha value is -1.98. The largest absolute Gasteiger partial charge is 0.417 e. The summed E-state index contributed by atoms with van der Waals surface area (Å²) < 4.78 is 80.6. The maximum Gasteiger partial charge on any atom is 0.417 e. The van der Waals surface area contributed by atoms with E-state index < -0.39 is 29.0 Å². The summed E-state index contributed by atoms with van der Waals surface area (Å²) in [5.41, 5.74) is -1.84. The molecule has 0 N–H and O–H groups in total. The van der Waals surface area contributed by atoms with Crippen LogP contribution in [-0.4, -0.2) is 0 Å². The van der Waals surface area contributed by atoms with Crippen LogP contribution in [0.4, 0.5) is 26.3 Å². The van der Waals surface area contributed by atoms with Crippen molar-refractivity contribution >= 4 is 0 Å². The van der Waals surface area contributed by atoms with Crippen LogP contribution >= 0.6 is 0 Å². The van der Waals surface area contributed by atoms with Crippen LogP contribution in [0.15, 0.2) is 36.4 Å². The Morgan fingerprint density at radius 1 is 0.692 bits per heavy atom. The van der Waals surface area contributed by atoms with Gasteiger partial charge >= 0.3 is 12.4 Å². The van der Waals surface area contributed by atoms with Gasteiger partial charge < -0.3 is 0 Å². The fourth-order valence-electron chi connectivity index (χ4n) is 3.11. The Balaban J connectivity index is 2.81. The normalized spacial score (nSPS) is 12.5. The minimum absolute atomic E-state index is 0.0281. The SMILES string of the molecule is CCCc1cc(CCC)cc(-c2c(C(F)(F)F)cccc2C(F)(F)F)c1. The van der Waals surface area contributed by atoms with Gasteiger partial charge in [0.15, 0.2) is 0 Å². The van der Waals surface area contributed by atoms with Gasteiger partial charge in [-0.25, -0.2) is 0 Å². The van der Waals surface area contributed by atoms with Crippen LogP contribution in [0.25, 0.3) is 11.1 Å². The lowest BCUT2D eigenvalue weighted by molar-refractivity contribution is -0.142. The molecule has 0 aliphatic carbocycles. The fraction of sp³-hybridized carbons (Fsp3) is 0.400. The predicted octanol–water partition coefficient (Wildman–Crippen LogP) is 7.30. The lowest BCUT2D eigenvalue weighted by Crippen LogP contribution is -2.14. The molecule has 0 saturated carbocycles. The molecule has 0 aliphatic heterocycles. The van der Waals surface area contributed by atoms with Gasteiger partial charge in [0.1, 0.15) is 0 Å². The van der Waals surface area contributed by atoms with E-state index in [2.05, 4.69) is 0 Å². The van der Waals surface area contributed by atoms with Gasteiger partial charge in [-0.2, -0.15) is 26.3 Å². The topological polar surface area (TPSA) is 0 Å². The second kappa shape index (κ2) is 7.72. The maximum atomic E-state index is 13.4. The molecule has 0 nitrogen and oxygen atoms in total. The van der Waals surface area contributed by atoms with Crippen LogP contribution in [0.5, 0.6) is 0 Å². The van der Waals surface area contributed by atoms with Crippen molar-refractivity contribution in [3.63, 3.8) is 0 Å². The van der Waals surface area contributed by atoms with E-state index >= 15 is 0 Å². The van der Waals surface area contributed by atoms with Crippen molar-refractivity contribution in [1.29, 1.82) is 0 Å². The van der Waals surface area contributed by atoms with Crippen LogP contribution < -0.4 is 0 Å². The summed E-state index contributed by atoms with van der Waals surface area (Å²) >= 11 is 0. The molecule has 0 spiro atoms. The Morgan fingerprint density at radius 3 is 1.46 bits per heavy atom. The zero-order valence-corrected chi connectivity index (χ0v) is 14.6. The average molecular weight is 374 g/mol. The molecule has 26 heavy (non-hydrogen) atoms. The first kappa shape index (κ1) is 20.3.